The number of Topliss-reactive ketones (excluding diaryl/α,β-unsaturated/α-hetero) is 1. The minimum Gasteiger partial charge on any atom is -0.336 e. The van der Waals surface area contributed by atoms with Crippen molar-refractivity contribution in [2.45, 2.75) is 26.7 Å². The Morgan fingerprint density at radius 2 is 1.92 bits per heavy atom. The van der Waals surface area contributed by atoms with E-state index in [9.17, 15) is 14.4 Å². The number of pyridine rings is 2. The number of nitrogens with one attached hydrogen (secondary N) is 1. The number of anilines is 1. The maximum Gasteiger partial charge on any atom is 0.292 e. The van der Waals surface area contributed by atoms with Crippen LogP contribution in [-0.4, -0.2) is 21.4 Å². The van der Waals surface area contributed by atoms with Gasteiger partial charge in [-0.1, -0.05) is 13.8 Å². The smallest absolute Gasteiger partial charge is 0.292 e. The molecule has 0 bridgehead atoms. The minimum absolute atomic E-state index is 0.00822. The highest BCUT2D eigenvalue weighted by Crippen LogP contribution is 2.34. The van der Waals surface area contributed by atoms with Crippen LogP contribution >= 0.6 is 0 Å². The van der Waals surface area contributed by atoms with Gasteiger partial charge in [-0.2, -0.15) is 0 Å². The van der Waals surface area contributed by atoms with Crippen LogP contribution in [0.2, 0.25) is 0 Å². The topological polar surface area (TPSA) is 107 Å². The molecule has 1 aliphatic rings. The number of nitrogens with two attached hydrogens (primary N) is 1. The Morgan fingerprint density at radius 1 is 1.25 bits per heavy atom. The van der Waals surface area contributed by atoms with Gasteiger partial charge in [0.2, 0.25) is 0 Å². The van der Waals surface area contributed by atoms with E-state index in [4.69, 9.17) is 5.84 Å². The second-order valence-corrected chi connectivity index (χ2v) is 6.72. The normalized spacial score (nSPS) is 15.7. The first-order valence-corrected chi connectivity index (χ1v) is 7.57. The maximum atomic E-state index is 12.4. The van der Waals surface area contributed by atoms with Crippen LogP contribution in [0.1, 0.15) is 46.7 Å². The van der Waals surface area contributed by atoms with Crippen molar-refractivity contribution < 1.29 is 9.59 Å². The highest BCUT2D eigenvalue weighted by Gasteiger charge is 2.33. The van der Waals surface area contributed by atoms with Crippen molar-refractivity contribution in [1.82, 2.24) is 9.66 Å². The van der Waals surface area contributed by atoms with Crippen LogP contribution in [0.15, 0.2) is 35.4 Å². The minimum atomic E-state index is -0.540. The van der Waals surface area contributed by atoms with Crippen LogP contribution < -0.4 is 16.7 Å². The first-order chi connectivity index (χ1) is 11.3. The summed E-state index contributed by atoms with van der Waals surface area (Å²) in [5.41, 5.74) is 0.454. The molecule has 0 unspecified atom stereocenters. The molecule has 0 aliphatic heterocycles. The standard InChI is InChI=1S/C17H18N4O3/c1-17(2)8-13-11(14(22)9-17)7-12(16(24)21(13)18)20-15(23)10-3-5-19-6-4-10/h3-7H,8-9,18H2,1-2H3,(H,20,23). The molecule has 2 aromatic heterocycles. The molecule has 0 spiro atoms. The van der Waals surface area contributed by atoms with Crippen LogP contribution in [0.3, 0.4) is 0 Å². The predicted octanol–water partition coefficient (Wildman–Crippen LogP) is 1.36. The summed E-state index contributed by atoms with van der Waals surface area (Å²) in [5, 5.41) is 2.53. The maximum absolute atomic E-state index is 12.4. The molecule has 2 aromatic rings. The van der Waals surface area contributed by atoms with Crippen LogP contribution in [0, 0.1) is 5.41 Å². The number of aromatic nitrogens is 2. The van der Waals surface area contributed by atoms with Gasteiger partial charge < -0.3 is 11.2 Å². The highest BCUT2D eigenvalue weighted by atomic mass is 16.2. The van der Waals surface area contributed by atoms with Crippen LogP contribution in [0.4, 0.5) is 5.69 Å². The highest BCUT2D eigenvalue weighted by molar-refractivity contribution is 6.05. The fourth-order valence-corrected chi connectivity index (χ4v) is 2.93. The summed E-state index contributed by atoms with van der Waals surface area (Å²) < 4.78 is 0.969. The van der Waals surface area contributed by atoms with Crippen molar-refractivity contribution >= 4 is 17.4 Å². The van der Waals surface area contributed by atoms with Gasteiger partial charge in [-0.05, 0) is 30.0 Å². The third-order valence-electron chi connectivity index (χ3n) is 4.12. The summed E-state index contributed by atoms with van der Waals surface area (Å²) in [4.78, 5) is 40.9. The fraction of sp³-hybridized carbons (Fsp3) is 0.294. The van der Waals surface area contributed by atoms with Crippen molar-refractivity contribution in [3.8, 4) is 0 Å². The largest absolute Gasteiger partial charge is 0.336 e. The number of ketones is 1. The lowest BCUT2D eigenvalue weighted by molar-refractivity contribution is 0.0907. The van der Waals surface area contributed by atoms with E-state index >= 15 is 0 Å². The van der Waals surface area contributed by atoms with E-state index < -0.39 is 11.5 Å². The lowest BCUT2D eigenvalue weighted by atomic mass is 9.75. The van der Waals surface area contributed by atoms with Crippen LogP contribution in [0.5, 0.6) is 0 Å². The molecule has 0 saturated carbocycles. The van der Waals surface area contributed by atoms with E-state index in [2.05, 4.69) is 10.3 Å². The molecule has 24 heavy (non-hydrogen) atoms. The molecular formula is C17H18N4O3. The van der Waals surface area contributed by atoms with E-state index in [1.54, 1.807) is 0 Å². The van der Waals surface area contributed by atoms with Crippen molar-refractivity contribution in [2.75, 3.05) is 11.2 Å². The first kappa shape index (κ1) is 15.9. The number of carbonyl (C=O) groups is 2. The quantitative estimate of drug-likeness (QED) is 0.810. The van der Waals surface area contributed by atoms with Crippen LogP contribution in [-0.2, 0) is 6.42 Å². The zero-order valence-electron chi connectivity index (χ0n) is 13.5. The van der Waals surface area contributed by atoms with Gasteiger partial charge in [0.25, 0.3) is 11.5 Å². The fourth-order valence-electron chi connectivity index (χ4n) is 2.93. The Labute approximate surface area is 138 Å². The molecule has 1 aliphatic carbocycles. The molecule has 7 heteroatoms. The van der Waals surface area contributed by atoms with Crippen molar-refractivity contribution in [3.63, 3.8) is 0 Å². The summed E-state index contributed by atoms with van der Waals surface area (Å²) in [7, 11) is 0. The third-order valence-corrected chi connectivity index (χ3v) is 4.12. The van der Waals surface area contributed by atoms with Gasteiger partial charge >= 0.3 is 0 Å². The molecule has 3 rings (SSSR count). The van der Waals surface area contributed by atoms with E-state index in [0.717, 1.165) is 4.68 Å². The summed E-state index contributed by atoms with van der Waals surface area (Å²) in [6.07, 6.45) is 3.86. The average Bonchev–Trinajstić information content (AvgIpc) is 2.53. The number of hydrogen-bond donors (Lipinski definition) is 2. The molecule has 0 atom stereocenters. The lowest BCUT2D eigenvalue weighted by Crippen LogP contribution is -2.39. The molecular weight excluding hydrogens is 308 g/mol. The van der Waals surface area contributed by atoms with E-state index in [1.165, 1.54) is 30.6 Å². The SMILES string of the molecule is CC1(C)CC(=O)c2cc(NC(=O)c3ccncc3)c(=O)n(N)c2C1. The number of carbonyl (C=O) groups excluding carboxylic acids is 2. The van der Waals surface area contributed by atoms with Gasteiger partial charge in [0, 0.05) is 29.9 Å². The molecule has 0 fully saturated rings. The number of fused-ring (bicyclic) bond motifs is 1. The van der Waals surface area contributed by atoms with E-state index in [1.807, 2.05) is 13.8 Å². The van der Waals surface area contributed by atoms with Gasteiger partial charge in [0.15, 0.2) is 5.78 Å². The molecule has 0 saturated heterocycles. The van der Waals surface area contributed by atoms with Gasteiger partial charge in [-0.3, -0.25) is 19.4 Å². The molecule has 0 aromatic carbocycles. The summed E-state index contributed by atoms with van der Waals surface area (Å²) >= 11 is 0. The van der Waals surface area contributed by atoms with Crippen molar-refractivity contribution in [3.05, 3.63) is 57.8 Å². The van der Waals surface area contributed by atoms with Crippen LogP contribution in [0.25, 0.3) is 0 Å². The Morgan fingerprint density at radius 3 is 2.58 bits per heavy atom. The van der Waals surface area contributed by atoms with Gasteiger partial charge in [-0.15, -0.1) is 0 Å². The Balaban J connectivity index is 2.01. The molecule has 1 amide bonds. The molecule has 2 heterocycles. The van der Waals surface area contributed by atoms with Crippen molar-refractivity contribution in [2.24, 2.45) is 5.41 Å². The molecule has 124 valence electrons. The summed E-state index contributed by atoms with van der Waals surface area (Å²) in [5.74, 6) is 5.35. The summed E-state index contributed by atoms with van der Waals surface area (Å²) in [6.45, 7) is 3.91. The van der Waals surface area contributed by atoms with Crippen molar-refractivity contribution in [1.29, 1.82) is 0 Å². The third kappa shape index (κ3) is 2.80. The average molecular weight is 326 g/mol. The number of nitrogens with zero attached hydrogens (tertiary/aromatic N) is 2. The lowest BCUT2D eigenvalue weighted by Gasteiger charge is -2.31. The Hall–Kier alpha value is -2.96. The number of rotatable bonds is 2. The zero-order valence-corrected chi connectivity index (χ0v) is 13.5. The second kappa shape index (κ2) is 5.59. The monoisotopic (exact) mass is 326 g/mol. The second-order valence-electron chi connectivity index (χ2n) is 6.72. The predicted molar refractivity (Wildman–Crippen MR) is 89.5 cm³/mol. The first-order valence-electron chi connectivity index (χ1n) is 7.57. The summed E-state index contributed by atoms with van der Waals surface area (Å²) in [6, 6.07) is 4.49. The molecule has 3 N–H and O–H groups in total. The van der Waals surface area contributed by atoms with Gasteiger partial charge in [0.05, 0.1) is 5.69 Å². The number of nitrogen functional groups attached to an aromatic ring is 1. The zero-order chi connectivity index (χ0) is 17.5. The van der Waals surface area contributed by atoms with E-state index in [-0.39, 0.29) is 16.9 Å². The number of hydrogen-bond acceptors (Lipinski definition) is 5. The molecule has 0 radical (unpaired) electrons. The Bertz CT molecular complexity index is 885. The number of amides is 1. The van der Waals surface area contributed by atoms with E-state index in [0.29, 0.717) is 29.7 Å². The molecule has 7 nitrogen and oxygen atoms in total. The Kier molecular flexibility index (Phi) is 3.71. The van der Waals surface area contributed by atoms with Gasteiger partial charge in [0.1, 0.15) is 5.69 Å². The van der Waals surface area contributed by atoms with Gasteiger partial charge in [-0.25, -0.2) is 4.68 Å².